The molecule has 5 aliphatic carbocycles. The Morgan fingerprint density at radius 1 is 0.495 bits per heavy atom. The summed E-state index contributed by atoms with van der Waals surface area (Å²) in [6, 6.07) is 0. The summed E-state index contributed by atoms with van der Waals surface area (Å²) in [7, 11) is 0. The van der Waals surface area contributed by atoms with Crippen molar-refractivity contribution in [3.8, 4) is 0 Å². The van der Waals surface area contributed by atoms with Gasteiger partial charge in [0.25, 0.3) is 0 Å². The van der Waals surface area contributed by atoms with Gasteiger partial charge in [0.05, 0.1) is 62.2 Å². The molecule has 0 spiro atoms. The maximum atomic E-state index is 16.0. The summed E-state index contributed by atoms with van der Waals surface area (Å²) in [5, 5.41) is 220. The van der Waals surface area contributed by atoms with Crippen molar-refractivity contribution >= 4 is 11.9 Å². The molecular weight excluding hydrogens is 1320 g/mol. The number of rotatable bonds is 17. The van der Waals surface area contributed by atoms with E-state index in [1.54, 1.807) is 0 Å². The van der Waals surface area contributed by atoms with E-state index in [4.69, 9.17) is 56.8 Å². The fraction of sp³-hybridized carbons (Fsp3) is 0.938. The molecule has 6 saturated heterocycles. The summed E-state index contributed by atoms with van der Waals surface area (Å²) in [6.45, 7) is 8.92. The zero-order valence-corrected chi connectivity index (χ0v) is 56.3. The number of carbonyl (C=O) groups is 2. The number of carboxylic acid groups (broad SMARTS) is 1. The second kappa shape index (κ2) is 29.0. The number of ether oxygens (including phenoxy) is 12. The molecule has 6 heterocycles. The number of allylic oxidation sites excluding steroid dienone is 1. The molecule has 6 aliphatic heterocycles. The van der Waals surface area contributed by atoms with E-state index >= 15 is 4.79 Å². The van der Waals surface area contributed by atoms with Crippen molar-refractivity contribution in [3.05, 3.63) is 11.6 Å². The van der Waals surface area contributed by atoms with E-state index in [-0.39, 0.29) is 32.1 Å². The Bertz CT molecular complexity index is 2840. The first-order valence-electron chi connectivity index (χ1n) is 34.4. The van der Waals surface area contributed by atoms with E-state index in [2.05, 4.69) is 20.8 Å². The third-order valence-corrected chi connectivity index (χ3v) is 25.2. The second-order valence-electron chi connectivity index (χ2n) is 31.2. The monoisotopic (exact) mass is 1430 g/mol. The minimum Gasteiger partial charge on any atom is -0.481 e. The first-order valence-corrected chi connectivity index (χ1v) is 34.4. The highest BCUT2D eigenvalue weighted by molar-refractivity contribution is 5.79. The highest BCUT2D eigenvalue weighted by Crippen LogP contribution is 2.76. The van der Waals surface area contributed by atoms with Crippen molar-refractivity contribution in [3.63, 3.8) is 0 Å². The Kier molecular flexibility index (Phi) is 22.7. The van der Waals surface area contributed by atoms with Crippen LogP contribution < -0.4 is 0 Å². The quantitative estimate of drug-likeness (QED) is 0.0366. The van der Waals surface area contributed by atoms with Crippen molar-refractivity contribution < 1.29 is 169 Å². The SMILES string of the molecule is C[C@@H]1O[C@@H](O[C@H]2[C@H](OC(=O)[C@]34CCC(C)(C)C[C@H]3C3=CC[C@@H]5[C@@]6(C)C[C@H](O)[C@H](O[C@@H]7O[C@H](CO)[C@@H](O)[C@H](O)[C@H]7O)[C@@](C)(C(=O)O)C6CC[C@@]5(C)[C@]3(CO)CC4)O[C@H](C)[C@H](O)[C@@H]2O[C@@H]2O[C@H](CO)[C@@H](O)[C@H](O)[C@H]2O)[C@H](O)[C@H](O)[C@H]1O[C@@H]1OC[C@@H](O[C@@H]2O[C@H](CO)[C@H](O)[C@H](O)[C@H]2O)[C@H](O)[C@H]1O. The molecule has 1 unspecified atom stereocenters. The summed E-state index contributed by atoms with van der Waals surface area (Å²) in [5.41, 5.74) is -5.76. The fourth-order valence-electron chi connectivity index (χ4n) is 19.3. The van der Waals surface area contributed by atoms with E-state index in [1.165, 1.54) is 20.8 Å². The number of carboxylic acids is 1. The molecular formula is C65H104O34. The molecule has 34 heteroatoms. The summed E-state index contributed by atoms with van der Waals surface area (Å²) in [4.78, 5) is 29.9. The molecule has 11 rings (SSSR count). The molecule has 0 amide bonds. The fourth-order valence-corrected chi connectivity index (χ4v) is 19.3. The number of aliphatic hydroxyl groups is 19. The Hall–Kier alpha value is -2.52. The zero-order valence-electron chi connectivity index (χ0n) is 56.3. The second-order valence-corrected chi connectivity index (χ2v) is 31.2. The van der Waals surface area contributed by atoms with Crippen molar-refractivity contribution in [2.45, 2.75) is 297 Å². The number of aliphatic carboxylic acids is 1. The van der Waals surface area contributed by atoms with Crippen molar-refractivity contribution in [2.24, 2.45) is 50.2 Å². The largest absolute Gasteiger partial charge is 0.481 e. The summed E-state index contributed by atoms with van der Waals surface area (Å²) in [6.07, 6.45) is -50.2. The number of carbonyl (C=O) groups excluding carboxylic acids is 1. The number of fused-ring (bicyclic) bond motifs is 7. The maximum Gasteiger partial charge on any atom is 0.315 e. The van der Waals surface area contributed by atoms with Crippen molar-refractivity contribution in [1.82, 2.24) is 0 Å². The number of esters is 1. The van der Waals surface area contributed by atoms with E-state index in [0.29, 0.717) is 25.7 Å². The van der Waals surface area contributed by atoms with Crippen LogP contribution in [0.15, 0.2) is 11.6 Å². The first-order chi connectivity index (χ1) is 46.4. The summed E-state index contributed by atoms with van der Waals surface area (Å²) in [5.74, 6) is -3.91. The number of aliphatic hydroxyl groups excluding tert-OH is 19. The zero-order chi connectivity index (χ0) is 72.5. The molecule has 0 aromatic heterocycles. The first kappa shape index (κ1) is 77.6. The average Bonchev–Trinajstić information content (AvgIpc) is 0.669. The van der Waals surface area contributed by atoms with Crippen LogP contribution in [0.4, 0.5) is 0 Å². The highest BCUT2D eigenvalue weighted by Gasteiger charge is 2.74. The van der Waals surface area contributed by atoms with E-state index in [1.807, 2.05) is 13.0 Å². The predicted octanol–water partition coefficient (Wildman–Crippen LogP) is -6.68. The van der Waals surface area contributed by atoms with E-state index < -0.39 is 286 Å². The molecule has 4 saturated carbocycles. The molecule has 99 heavy (non-hydrogen) atoms. The van der Waals surface area contributed by atoms with Crippen LogP contribution in [0.3, 0.4) is 0 Å². The Labute approximate surface area is 570 Å². The van der Waals surface area contributed by atoms with E-state index in [9.17, 15) is 107 Å². The van der Waals surface area contributed by atoms with Crippen LogP contribution in [0.2, 0.25) is 0 Å². The smallest absolute Gasteiger partial charge is 0.315 e. The number of hydrogen-bond donors (Lipinski definition) is 20. The van der Waals surface area contributed by atoms with Crippen LogP contribution in [0.1, 0.15) is 106 Å². The van der Waals surface area contributed by atoms with Gasteiger partial charge in [-0.15, -0.1) is 0 Å². The lowest BCUT2D eigenvalue weighted by Gasteiger charge is -2.71. The average molecular weight is 1430 g/mol. The Balaban J connectivity index is 0.862. The number of hydrogen-bond acceptors (Lipinski definition) is 33. The molecule has 10 fully saturated rings. The minimum absolute atomic E-state index is 0.0169. The maximum absolute atomic E-state index is 16.0. The van der Waals surface area contributed by atoms with Gasteiger partial charge in [0.1, 0.15) is 128 Å². The third kappa shape index (κ3) is 13.0. The van der Waals surface area contributed by atoms with Crippen LogP contribution in [-0.2, 0) is 66.4 Å². The molecule has 0 radical (unpaired) electrons. The molecule has 0 aromatic carbocycles. The van der Waals surface area contributed by atoms with Gasteiger partial charge in [0.15, 0.2) is 37.6 Å². The lowest BCUT2D eigenvalue weighted by atomic mass is 9.33. The van der Waals surface area contributed by atoms with Gasteiger partial charge in [0, 0.05) is 5.41 Å². The standard InChI is InChI=1S/C65H104O34/c1-23-34(71)49(96-55-45(82)40(77)36(73)29(19-67)92-55)50(97-53-47(84)42(79)48(24(2)90-53)95-52-43(80)38(75)31(21-88-52)94-54-44(81)39(76)35(72)28(18-66)91-54)57(89-23)99-59(87)64-13-12-60(3,4)16-26(64)25-8-9-32-61(5)17-27(70)51(98-56-46(83)41(78)37(74)30(20-68)93-56)63(7,58(85)86)33(61)10-11-62(32,6)65(25,22-69)15-14-64/h8,23-24,26-57,66-84H,9-22H2,1-7H3,(H,85,86)/t23-,24+,26+,27+,28-,29-,30-,31-,32-,33?,34+,35+,36-,37-,38+,39+,40+,41+,42+,43-,44-,45-,46-,47-,48+,49+,50-,51+,52+,53+,54+,55+,56+,57+,61-,62-,63+,64+,65+/m1/s1. The van der Waals surface area contributed by atoms with Crippen LogP contribution in [0.25, 0.3) is 0 Å². The van der Waals surface area contributed by atoms with Gasteiger partial charge in [-0.25, -0.2) is 0 Å². The van der Waals surface area contributed by atoms with Gasteiger partial charge >= 0.3 is 11.9 Å². The summed E-state index contributed by atoms with van der Waals surface area (Å²) >= 11 is 0. The van der Waals surface area contributed by atoms with Gasteiger partial charge in [-0.1, -0.05) is 39.3 Å². The minimum atomic E-state index is -2.14. The molecule has 34 nitrogen and oxygen atoms in total. The predicted molar refractivity (Wildman–Crippen MR) is 324 cm³/mol. The van der Waals surface area contributed by atoms with Crippen molar-refractivity contribution in [2.75, 3.05) is 33.0 Å². The van der Waals surface area contributed by atoms with Crippen LogP contribution in [0, 0.1) is 50.2 Å². The molecule has 11 aliphatic rings. The van der Waals surface area contributed by atoms with Gasteiger partial charge in [-0.3, -0.25) is 9.59 Å². The van der Waals surface area contributed by atoms with Crippen molar-refractivity contribution in [1.29, 1.82) is 0 Å². The van der Waals surface area contributed by atoms with Crippen LogP contribution in [0.5, 0.6) is 0 Å². The van der Waals surface area contributed by atoms with Gasteiger partial charge in [-0.2, -0.15) is 0 Å². The van der Waals surface area contributed by atoms with Gasteiger partial charge < -0.3 is 159 Å². The molecule has 0 aromatic rings. The topological polar surface area (TPSA) is 550 Å². The van der Waals surface area contributed by atoms with Gasteiger partial charge in [0.2, 0.25) is 6.29 Å². The molecule has 568 valence electrons. The van der Waals surface area contributed by atoms with E-state index in [0.717, 1.165) is 5.57 Å². The third-order valence-electron chi connectivity index (χ3n) is 25.2. The van der Waals surface area contributed by atoms with Gasteiger partial charge in [-0.05, 0) is 113 Å². The molecule has 20 N–H and O–H groups in total. The summed E-state index contributed by atoms with van der Waals surface area (Å²) < 4.78 is 71.9. The lowest BCUT2D eigenvalue weighted by Crippen LogP contribution is -2.71. The Morgan fingerprint density at radius 3 is 1.55 bits per heavy atom. The lowest BCUT2D eigenvalue weighted by molar-refractivity contribution is -0.393. The van der Waals surface area contributed by atoms with Crippen LogP contribution >= 0.6 is 0 Å². The molecule has 39 atom stereocenters. The normalized spacial score (nSPS) is 54.5. The van der Waals surface area contributed by atoms with Crippen LogP contribution in [-0.4, -0.2) is 337 Å². The Morgan fingerprint density at radius 2 is 0.990 bits per heavy atom. The highest BCUT2D eigenvalue weighted by atomic mass is 16.8. The molecule has 0 bridgehead atoms.